The topological polar surface area (TPSA) is 47.7 Å². The standard InChI is InChI=1S/C21H27ClN2O2/c1-25-20-7-6-15(12-21(20)26-2)8-10-24-11-9-19(23)18(14-24)16-4-3-5-17(22)13-16/h3-7,12-13,18-19H,8-11,14,23H2,1-2H3. The van der Waals surface area contributed by atoms with Crippen LogP contribution in [0.5, 0.6) is 11.5 Å². The highest BCUT2D eigenvalue weighted by Gasteiger charge is 2.27. The van der Waals surface area contributed by atoms with Gasteiger partial charge in [0.05, 0.1) is 14.2 Å². The van der Waals surface area contributed by atoms with Gasteiger partial charge < -0.3 is 20.1 Å². The van der Waals surface area contributed by atoms with Gasteiger partial charge in [0.25, 0.3) is 0 Å². The number of methoxy groups -OCH3 is 2. The molecule has 0 radical (unpaired) electrons. The van der Waals surface area contributed by atoms with Gasteiger partial charge in [0.15, 0.2) is 11.5 Å². The van der Waals surface area contributed by atoms with Gasteiger partial charge in [0.1, 0.15) is 0 Å². The molecule has 4 nitrogen and oxygen atoms in total. The van der Waals surface area contributed by atoms with Crippen LogP contribution >= 0.6 is 11.6 Å². The number of rotatable bonds is 6. The molecular weight excluding hydrogens is 348 g/mol. The van der Waals surface area contributed by atoms with E-state index >= 15 is 0 Å². The molecule has 0 aliphatic carbocycles. The summed E-state index contributed by atoms with van der Waals surface area (Å²) in [6.07, 6.45) is 1.97. The van der Waals surface area contributed by atoms with E-state index in [4.69, 9.17) is 26.8 Å². The van der Waals surface area contributed by atoms with E-state index in [1.165, 1.54) is 11.1 Å². The normalized spacial score (nSPS) is 20.8. The molecule has 0 spiro atoms. The van der Waals surface area contributed by atoms with Crippen LogP contribution in [0.25, 0.3) is 0 Å². The summed E-state index contributed by atoms with van der Waals surface area (Å²) in [6, 6.07) is 14.4. The number of ether oxygens (including phenoxy) is 2. The molecule has 1 heterocycles. The largest absolute Gasteiger partial charge is 0.493 e. The number of nitrogens with zero attached hydrogens (tertiary/aromatic N) is 1. The van der Waals surface area contributed by atoms with Crippen LogP contribution in [0.15, 0.2) is 42.5 Å². The van der Waals surface area contributed by atoms with Crippen molar-refractivity contribution in [3.05, 3.63) is 58.6 Å². The van der Waals surface area contributed by atoms with E-state index in [0.29, 0.717) is 5.92 Å². The van der Waals surface area contributed by atoms with Crippen molar-refractivity contribution >= 4 is 11.6 Å². The van der Waals surface area contributed by atoms with Gasteiger partial charge in [-0.15, -0.1) is 0 Å². The Kier molecular flexibility index (Phi) is 6.41. The lowest BCUT2D eigenvalue weighted by Crippen LogP contribution is -2.46. The third-order valence-electron chi connectivity index (χ3n) is 5.19. The lowest BCUT2D eigenvalue weighted by molar-refractivity contribution is 0.192. The van der Waals surface area contributed by atoms with Crippen molar-refractivity contribution in [2.75, 3.05) is 33.9 Å². The van der Waals surface area contributed by atoms with Gasteiger partial charge >= 0.3 is 0 Å². The quantitative estimate of drug-likeness (QED) is 0.837. The average molecular weight is 375 g/mol. The zero-order valence-corrected chi connectivity index (χ0v) is 16.2. The van der Waals surface area contributed by atoms with Gasteiger partial charge in [0, 0.05) is 30.1 Å². The van der Waals surface area contributed by atoms with Gasteiger partial charge in [-0.2, -0.15) is 0 Å². The number of hydrogen-bond donors (Lipinski definition) is 1. The van der Waals surface area contributed by atoms with Gasteiger partial charge in [-0.25, -0.2) is 0 Å². The molecular formula is C21H27ClN2O2. The summed E-state index contributed by atoms with van der Waals surface area (Å²) in [5.41, 5.74) is 8.88. The molecule has 1 aliphatic rings. The molecule has 1 aliphatic heterocycles. The first-order valence-corrected chi connectivity index (χ1v) is 9.43. The predicted octanol–water partition coefficient (Wildman–Crippen LogP) is 3.72. The van der Waals surface area contributed by atoms with Crippen LogP contribution in [0.3, 0.4) is 0 Å². The van der Waals surface area contributed by atoms with Crippen LogP contribution in [-0.2, 0) is 6.42 Å². The van der Waals surface area contributed by atoms with E-state index in [0.717, 1.165) is 49.0 Å². The first-order chi connectivity index (χ1) is 12.6. The zero-order valence-electron chi connectivity index (χ0n) is 15.5. The van der Waals surface area contributed by atoms with E-state index in [-0.39, 0.29) is 6.04 Å². The summed E-state index contributed by atoms with van der Waals surface area (Å²) >= 11 is 6.17. The van der Waals surface area contributed by atoms with E-state index in [1.807, 2.05) is 24.3 Å². The van der Waals surface area contributed by atoms with Gasteiger partial charge in [-0.05, 0) is 54.8 Å². The minimum absolute atomic E-state index is 0.186. The maximum atomic E-state index is 6.40. The smallest absolute Gasteiger partial charge is 0.160 e. The molecule has 1 fully saturated rings. The fraction of sp³-hybridized carbons (Fsp3) is 0.429. The molecule has 0 aromatic heterocycles. The number of piperidine rings is 1. The van der Waals surface area contributed by atoms with Crippen molar-refractivity contribution in [1.29, 1.82) is 0 Å². The molecule has 3 rings (SSSR count). The lowest BCUT2D eigenvalue weighted by atomic mass is 9.86. The molecule has 0 bridgehead atoms. The van der Waals surface area contributed by atoms with Gasteiger partial charge in [0.2, 0.25) is 0 Å². The Bertz CT molecular complexity index is 738. The highest BCUT2D eigenvalue weighted by atomic mass is 35.5. The number of nitrogens with two attached hydrogens (primary N) is 1. The summed E-state index contributed by atoms with van der Waals surface area (Å²) in [5.74, 6) is 1.87. The fourth-order valence-corrected chi connectivity index (χ4v) is 3.85. The molecule has 2 atom stereocenters. The molecule has 2 N–H and O–H groups in total. The third-order valence-corrected chi connectivity index (χ3v) is 5.43. The second-order valence-corrected chi connectivity index (χ2v) is 7.29. The Morgan fingerprint density at radius 1 is 1.12 bits per heavy atom. The lowest BCUT2D eigenvalue weighted by Gasteiger charge is -2.37. The molecule has 140 valence electrons. The summed E-state index contributed by atoms with van der Waals surface area (Å²) in [5, 5.41) is 0.775. The molecule has 2 aromatic rings. The van der Waals surface area contributed by atoms with Crippen LogP contribution in [0.2, 0.25) is 5.02 Å². The Balaban J connectivity index is 1.63. The van der Waals surface area contributed by atoms with Crippen molar-refractivity contribution in [2.24, 2.45) is 5.73 Å². The highest BCUT2D eigenvalue weighted by Crippen LogP contribution is 2.30. The number of halogens is 1. The maximum Gasteiger partial charge on any atom is 0.160 e. The minimum atomic E-state index is 0.186. The number of likely N-dealkylation sites (tertiary alicyclic amines) is 1. The molecule has 26 heavy (non-hydrogen) atoms. The number of hydrogen-bond acceptors (Lipinski definition) is 4. The average Bonchev–Trinajstić information content (AvgIpc) is 2.67. The Morgan fingerprint density at radius 3 is 2.65 bits per heavy atom. The first kappa shape index (κ1) is 19.0. The second-order valence-electron chi connectivity index (χ2n) is 6.85. The molecule has 0 amide bonds. The van der Waals surface area contributed by atoms with Crippen LogP contribution in [0.4, 0.5) is 0 Å². The summed E-state index contributed by atoms with van der Waals surface area (Å²) in [4.78, 5) is 2.49. The Labute approximate surface area is 160 Å². The molecule has 5 heteroatoms. The van der Waals surface area contributed by atoms with Crippen LogP contribution < -0.4 is 15.2 Å². The van der Waals surface area contributed by atoms with E-state index < -0.39 is 0 Å². The van der Waals surface area contributed by atoms with E-state index in [2.05, 4.69) is 23.1 Å². The van der Waals surface area contributed by atoms with Crippen molar-refractivity contribution in [3.8, 4) is 11.5 Å². The maximum absolute atomic E-state index is 6.40. The summed E-state index contributed by atoms with van der Waals surface area (Å²) in [6.45, 7) is 3.00. The van der Waals surface area contributed by atoms with Crippen LogP contribution in [-0.4, -0.2) is 44.8 Å². The molecule has 2 aromatic carbocycles. The van der Waals surface area contributed by atoms with Crippen molar-refractivity contribution in [1.82, 2.24) is 4.90 Å². The van der Waals surface area contributed by atoms with E-state index in [9.17, 15) is 0 Å². The minimum Gasteiger partial charge on any atom is -0.493 e. The van der Waals surface area contributed by atoms with Gasteiger partial charge in [-0.3, -0.25) is 0 Å². The summed E-state index contributed by atoms with van der Waals surface area (Å²) < 4.78 is 10.7. The fourth-order valence-electron chi connectivity index (χ4n) is 3.65. The van der Waals surface area contributed by atoms with E-state index in [1.54, 1.807) is 14.2 Å². The van der Waals surface area contributed by atoms with Crippen molar-refractivity contribution in [2.45, 2.75) is 24.8 Å². The Hall–Kier alpha value is -1.75. The van der Waals surface area contributed by atoms with Crippen molar-refractivity contribution in [3.63, 3.8) is 0 Å². The predicted molar refractivity (Wildman–Crippen MR) is 106 cm³/mol. The third kappa shape index (κ3) is 4.50. The van der Waals surface area contributed by atoms with Crippen LogP contribution in [0.1, 0.15) is 23.5 Å². The number of benzene rings is 2. The first-order valence-electron chi connectivity index (χ1n) is 9.05. The van der Waals surface area contributed by atoms with Crippen LogP contribution in [0, 0.1) is 0 Å². The molecule has 2 unspecified atom stereocenters. The molecule has 1 saturated heterocycles. The molecule has 0 saturated carbocycles. The SMILES string of the molecule is COc1ccc(CCN2CCC(N)C(c3cccc(Cl)c3)C2)cc1OC. The van der Waals surface area contributed by atoms with Gasteiger partial charge in [-0.1, -0.05) is 29.8 Å². The highest BCUT2D eigenvalue weighted by molar-refractivity contribution is 6.30. The second kappa shape index (κ2) is 8.76. The summed E-state index contributed by atoms with van der Waals surface area (Å²) in [7, 11) is 3.33. The zero-order chi connectivity index (χ0) is 18.5. The Morgan fingerprint density at radius 2 is 1.92 bits per heavy atom. The van der Waals surface area contributed by atoms with Crippen molar-refractivity contribution < 1.29 is 9.47 Å². The monoisotopic (exact) mass is 374 g/mol.